The van der Waals surface area contributed by atoms with Gasteiger partial charge in [-0.15, -0.1) is 0 Å². The van der Waals surface area contributed by atoms with Gasteiger partial charge in [-0.25, -0.2) is 0 Å². The second kappa shape index (κ2) is 5.66. The summed E-state index contributed by atoms with van der Waals surface area (Å²) in [5.74, 6) is 0. The van der Waals surface area contributed by atoms with Gasteiger partial charge in [0.05, 0.1) is 17.7 Å². The molecule has 0 saturated heterocycles. The van der Waals surface area contributed by atoms with Crippen LogP contribution < -0.4 is 0 Å². The molecular formula is C16H12N2. The van der Waals surface area contributed by atoms with Crippen molar-refractivity contribution in [1.29, 1.82) is 10.5 Å². The Morgan fingerprint density at radius 3 is 1.83 bits per heavy atom. The van der Waals surface area contributed by atoms with Gasteiger partial charge in [0.25, 0.3) is 0 Å². The van der Waals surface area contributed by atoms with Crippen LogP contribution in [0.15, 0.2) is 48.5 Å². The van der Waals surface area contributed by atoms with Crippen molar-refractivity contribution >= 4 is 0 Å². The summed E-state index contributed by atoms with van der Waals surface area (Å²) in [5.41, 5.74) is 4.07. The monoisotopic (exact) mass is 232 g/mol. The summed E-state index contributed by atoms with van der Waals surface area (Å²) in [6.45, 7) is 0. The molecule has 18 heavy (non-hydrogen) atoms. The second-order valence-corrected chi connectivity index (χ2v) is 4.04. The molecule has 86 valence electrons. The van der Waals surface area contributed by atoms with E-state index in [1.807, 2.05) is 48.5 Å². The standard InChI is InChI=1S/C16H12N2/c17-11-1-2-13-3-7-15(8-4-13)16-9-5-14(12-18)6-10-16/h3-10H,1-2H2. The lowest BCUT2D eigenvalue weighted by Crippen LogP contribution is -1.84. The Kier molecular flexibility index (Phi) is 3.74. The van der Waals surface area contributed by atoms with Gasteiger partial charge in [0.2, 0.25) is 0 Å². The van der Waals surface area contributed by atoms with Crippen LogP contribution in [-0.2, 0) is 6.42 Å². The first kappa shape index (κ1) is 11.9. The first-order chi connectivity index (χ1) is 8.83. The molecular weight excluding hydrogens is 220 g/mol. The molecule has 2 aromatic rings. The fraction of sp³-hybridized carbons (Fsp3) is 0.125. The largest absolute Gasteiger partial charge is 0.198 e. The van der Waals surface area contributed by atoms with Crippen molar-refractivity contribution in [3.05, 3.63) is 59.7 Å². The molecule has 0 spiro atoms. The molecule has 0 radical (unpaired) electrons. The zero-order valence-electron chi connectivity index (χ0n) is 9.93. The molecule has 0 aromatic heterocycles. The van der Waals surface area contributed by atoms with Crippen LogP contribution in [0.1, 0.15) is 17.5 Å². The summed E-state index contributed by atoms with van der Waals surface area (Å²) < 4.78 is 0. The Morgan fingerprint density at radius 1 is 0.778 bits per heavy atom. The van der Waals surface area contributed by atoms with Crippen molar-refractivity contribution in [3.63, 3.8) is 0 Å². The first-order valence-electron chi connectivity index (χ1n) is 5.80. The lowest BCUT2D eigenvalue weighted by molar-refractivity contribution is 1.01. The zero-order chi connectivity index (χ0) is 12.8. The van der Waals surface area contributed by atoms with Gasteiger partial charge < -0.3 is 0 Å². The summed E-state index contributed by atoms with van der Waals surface area (Å²) in [5, 5.41) is 17.3. The quantitative estimate of drug-likeness (QED) is 0.810. The van der Waals surface area contributed by atoms with Crippen molar-refractivity contribution in [2.75, 3.05) is 0 Å². The normalized spacial score (nSPS) is 9.44. The molecule has 0 amide bonds. The second-order valence-electron chi connectivity index (χ2n) is 4.04. The van der Waals surface area contributed by atoms with Crippen molar-refractivity contribution in [3.8, 4) is 23.3 Å². The average Bonchev–Trinajstić information content (AvgIpc) is 2.46. The van der Waals surface area contributed by atoms with Gasteiger partial charge in [-0.05, 0) is 35.2 Å². The van der Waals surface area contributed by atoms with E-state index in [-0.39, 0.29) is 0 Å². The Balaban J connectivity index is 2.18. The van der Waals surface area contributed by atoms with Crippen LogP contribution in [0.3, 0.4) is 0 Å². The molecule has 2 heteroatoms. The molecule has 0 heterocycles. The molecule has 0 aliphatic carbocycles. The highest BCUT2D eigenvalue weighted by molar-refractivity contribution is 5.64. The van der Waals surface area contributed by atoms with E-state index in [0.717, 1.165) is 17.5 Å². The highest BCUT2D eigenvalue weighted by Gasteiger charge is 1.98. The summed E-state index contributed by atoms with van der Waals surface area (Å²) >= 11 is 0. The maximum absolute atomic E-state index is 8.74. The van der Waals surface area contributed by atoms with Crippen molar-refractivity contribution in [2.45, 2.75) is 12.8 Å². The molecule has 0 unspecified atom stereocenters. The lowest BCUT2D eigenvalue weighted by Gasteiger charge is -2.03. The van der Waals surface area contributed by atoms with Crippen LogP contribution in [0.25, 0.3) is 11.1 Å². The number of aryl methyl sites for hydroxylation is 1. The number of nitriles is 2. The SMILES string of the molecule is N#CCCc1ccc(-c2ccc(C#N)cc2)cc1. The van der Waals surface area contributed by atoms with Gasteiger partial charge in [0.15, 0.2) is 0 Å². The molecule has 0 aliphatic rings. The summed E-state index contributed by atoms with van der Waals surface area (Å²) in [6, 6.07) is 20.0. The van der Waals surface area contributed by atoms with Crippen LogP contribution in [0.2, 0.25) is 0 Å². The third kappa shape index (κ3) is 2.75. The first-order valence-corrected chi connectivity index (χ1v) is 5.80. The van der Waals surface area contributed by atoms with E-state index in [1.54, 1.807) is 0 Å². The number of nitrogens with zero attached hydrogens (tertiary/aromatic N) is 2. The minimum Gasteiger partial charge on any atom is -0.198 e. The van der Waals surface area contributed by atoms with Crippen LogP contribution in [0.4, 0.5) is 0 Å². The molecule has 2 aromatic carbocycles. The topological polar surface area (TPSA) is 47.6 Å². The average molecular weight is 232 g/mol. The predicted molar refractivity (Wildman–Crippen MR) is 70.5 cm³/mol. The van der Waals surface area contributed by atoms with Gasteiger partial charge in [-0.3, -0.25) is 0 Å². The van der Waals surface area contributed by atoms with Gasteiger partial charge in [0.1, 0.15) is 0 Å². The fourth-order valence-electron chi connectivity index (χ4n) is 1.80. The van der Waals surface area contributed by atoms with Crippen LogP contribution in [-0.4, -0.2) is 0 Å². The molecule has 0 N–H and O–H groups in total. The van der Waals surface area contributed by atoms with E-state index >= 15 is 0 Å². The predicted octanol–water partition coefficient (Wildman–Crippen LogP) is 3.68. The molecule has 0 atom stereocenters. The Bertz CT molecular complexity index is 596. The Hall–Kier alpha value is -2.58. The van der Waals surface area contributed by atoms with Gasteiger partial charge in [-0.1, -0.05) is 36.4 Å². The Labute approximate surface area is 107 Å². The van der Waals surface area contributed by atoms with Gasteiger partial charge >= 0.3 is 0 Å². The third-order valence-corrected chi connectivity index (χ3v) is 2.83. The maximum Gasteiger partial charge on any atom is 0.0991 e. The van der Waals surface area contributed by atoms with Gasteiger partial charge in [0, 0.05) is 6.42 Å². The van der Waals surface area contributed by atoms with Crippen LogP contribution >= 0.6 is 0 Å². The van der Waals surface area contributed by atoms with Crippen molar-refractivity contribution in [2.24, 2.45) is 0 Å². The zero-order valence-corrected chi connectivity index (χ0v) is 9.93. The van der Waals surface area contributed by atoms with Crippen LogP contribution in [0, 0.1) is 22.7 Å². The minimum atomic E-state index is 0.552. The molecule has 0 bridgehead atoms. The maximum atomic E-state index is 8.74. The van der Waals surface area contributed by atoms with E-state index in [1.165, 1.54) is 5.56 Å². The van der Waals surface area contributed by atoms with E-state index in [4.69, 9.17) is 10.5 Å². The van der Waals surface area contributed by atoms with E-state index in [2.05, 4.69) is 12.1 Å². The number of hydrogen-bond donors (Lipinski definition) is 0. The van der Waals surface area contributed by atoms with E-state index in [0.29, 0.717) is 12.0 Å². The highest BCUT2D eigenvalue weighted by Crippen LogP contribution is 2.20. The third-order valence-electron chi connectivity index (χ3n) is 2.83. The molecule has 0 fully saturated rings. The summed E-state index contributed by atoms with van der Waals surface area (Å²) in [4.78, 5) is 0. The molecule has 2 nitrogen and oxygen atoms in total. The van der Waals surface area contributed by atoms with Crippen molar-refractivity contribution < 1.29 is 0 Å². The highest BCUT2D eigenvalue weighted by atomic mass is 14.2. The number of benzene rings is 2. The molecule has 0 aliphatic heterocycles. The summed E-state index contributed by atoms with van der Waals surface area (Å²) in [7, 11) is 0. The fourth-order valence-corrected chi connectivity index (χ4v) is 1.80. The van der Waals surface area contributed by atoms with Crippen LogP contribution in [0.5, 0.6) is 0 Å². The molecule has 2 rings (SSSR count). The van der Waals surface area contributed by atoms with Crippen molar-refractivity contribution in [1.82, 2.24) is 0 Å². The smallest absolute Gasteiger partial charge is 0.0991 e. The number of hydrogen-bond acceptors (Lipinski definition) is 2. The molecule has 0 saturated carbocycles. The lowest BCUT2D eigenvalue weighted by atomic mass is 10.0. The summed E-state index contributed by atoms with van der Waals surface area (Å²) in [6.07, 6.45) is 1.35. The Morgan fingerprint density at radius 2 is 1.33 bits per heavy atom. The van der Waals surface area contributed by atoms with E-state index < -0.39 is 0 Å². The number of rotatable bonds is 3. The van der Waals surface area contributed by atoms with Gasteiger partial charge in [-0.2, -0.15) is 10.5 Å². The van der Waals surface area contributed by atoms with E-state index in [9.17, 15) is 0 Å². The minimum absolute atomic E-state index is 0.552.